The fourth-order valence-corrected chi connectivity index (χ4v) is 5.04. The molecule has 4 aromatic rings. The molecule has 5 heteroatoms. The molecule has 0 spiro atoms. The lowest BCUT2D eigenvalue weighted by atomic mass is 10.1. The number of hydrogen-bond acceptors (Lipinski definition) is 5. The number of hydrogen-bond donors (Lipinski definition) is 0. The van der Waals surface area contributed by atoms with Crippen molar-refractivity contribution in [2.75, 3.05) is 37.6 Å². The van der Waals surface area contributed by atoms with Gasteiger partial charge in [-0.3, -0.25) is 14.7 Å². The number of piperazine rings is 1. The Morgan fingerprint density at radius 3 is 2.76 bits per heavy atom. The Labute approximate surface area is 174 Å². The van der Waals surface area contributed by atoms with Crippen molar-refractivity contribution in [3.8, 4) is 0 Å². The van der Waals surface area contributed by atoms with Crippen LogP contribution >= 0.6 is 11.3 Å². The van der Waals surface area contributed by atoms with Crippen LogP contribution in [0.2, 0.25) is 0 Å². The zero-order chi connectivity index (χ0) is 19.6. The van der Waals surface area contributed by atoms with Crippen LogP contribution in [0.15, 0.2) is 66.2 Å². The number of ketones is 1. The topological polar surface area (TPSA) is 36.4 Å². The number of carbonyl (C=O) groups is 1. The number of nitrogens with zero attached hydrogens (tertiary/aromatic N) is 3. The van der Waals surface area contributed by atoms with Crippen molar-refractivity contribution in [1.82, 2.24) is 9.88 Å². The summed E-state index contributed by atoms with van der Waals surface area (Å²) in [4.78, 5) is 22.0. The van der Waals surface area contributed by atoms with E-state index in [4.69, 9.17) is 0 Å². The first-order valence-electron chi connectivity index (χ1n) is 10.1. The summed E-state index contributed by atoms with van der Waals surface area (Å²) in [7, 11) is 0. The molecule has 0 N–H and O–H groups in total. The summed E-state index contributed by atoms with van der Waals surface area (Å²) >= 11 is 1.66. The number of carbonyl (C=O) groups excluding carboxylic acids is 1. The molecule has 0 bridgehead atoms. The van der Waals surface area contributed by atoms with Gasteiger partial charge in [0.05, 0.1) is 5.52 Å². The van der Waals surface area contributed by atoms with Gasteiger partial charge in [0.1, 0.15) is 0 Å². The van der Waals surface area contributed by atoms with Crippen LogP contribution in [0.5, 0.6) is 0 Å². The van der Waals surface area contributed by atoms with Gasteiger partial charge in [0, 0.05) is 77.4 Å². The van der Waals surface area contributed by atoms with Crippen molar-refractivity contribution in [3.63, 3.8) is 0 Å². The van der Waals surface area contributed by atoms with Gasteiger partial charge in [0.15, 0.2) is 5.78 Å². The van der Waals surface area contributed by atoms with E-state index in [9.17, 15) is 4.79 Å². The minimum Gasteiger partial charge on any atom is -0.369 e. The first-order valence-corrected chi connectivity index (χ1v) is 11.0. The van der Waals surface area contributed by atoms with Crippen LogP contribution in [0.25, 0.3) is 21.0 Å². The Bertz CT molecular complexity index is 1160. The predicted octanol–water partition coefficient (Wildman–Crippen LogP) is 4.84. The van der Waals surface area contributed by atoms with E-state index in [0.29, 0.717) is 6.42 Å². The van der Waals surface area contributed by atoms with Crippen LogP contribution in [0, 0.1) is 0 Å². The Hall–Kier alpha value is -2.76. The normalized spacial score (nSPS) is 15.2. The molecule has 0 aliphatic carbocycles. The molecule has 29 heavy (non-hydrogen) atoms. The predicted molar refractivity (Wildman–Crippen MR) is 121 cm³/mol. The van der Waals surface area contributed by atoms with Crippen molar-refractivity contribution >= 4 is 43.8 Å². The van der Waals surface area contributed by atoms with E-state index in [1.165, 1.54) is 15.8 Å². The van der Waals surface area contributed by atoms with Gasteiger partial charge in [-0.2, -0.15) is 0 Å². The fraction of sp³-hybridized carbons (Fsp3) is 0.250. The second kappa shape index (κ2) is 7.93. The first kappa shape index (κ1) is 18.3. The minimum absolute atomic E-state index is 0.256. The van der Waals surface area contributed by atoms with E-state index >= 15 is 0 Å². The van der Waals surface area contributed by atoms with Crippen molar-refractivity contribution in [1.29, 1.82) is 0 Å². The molecule has 0 saturated carbocycles. The van der Waals surface area contributed by atoms with Gasteiger partial charge in [-0.25, -0.2) is 0 Å². The van der Waals surface area contributed by atoms with Crippen molar-refractivity contribution < 1.29 is 4.79 Å². The van der Waals surface area contributed by atoms with Crippen molar-refractivity contribution in [2.24, 2.45) is 0 Å². The summed E-state index contributed by atoms with van der Waals surface area (Å²) in [5.41, 5.74) is 3.18. The maximum Gasteiger partial charge on any atom is 0.165 e. The Balaban J connectivity index is 1.18. The molecule has 1 aliphatic rings. The van der Waals surface area contributed by atoms with E-state index in [2.05, 4.69) is 51.2 Å². The van der Waals surface area contributed by atoms with Gasteiger partial charge in [0.2, 0.25) is 0 Å². The number of fused-ring (bicyclic) bond motifs is 2. The van der Waals surface area contributed by atoms with Gasteiger partial charge >= 0.3 is 0 Å². The number of pyridine rings is 1. The van der Waals surface area contributed by atoms with Crippen LogP contribution in [0.4, 0.5) is 5.69 Å². The number of thiophene rings is 1. The highest BCUT2D eigenvalue weighted by Gasteiger charge is 2.19. The van der Waals surface area contributed by atoms with Crippen LogP contribution in [0.3, 0.4) is 0 Å². The summed E-state index contributed by atoms with van der Waals surface area (Å²) in [5.74, 6) is 0.256. The van der Waals surface area contributed by atoms with E-state index < -0.39 is 0 Å². The maximum absolute atomic E-state index is 12.7. The lowest BCUT2D eigenvalue weighted by molar-refractivity contribution is 0.0964. The van der Waals surface area contributed by atoms with Crippen molar-refractivity contribution in [3.05, 3.63) is 71.7 Å². The molecular weight excluding hydrogens is 378 g/mol. The zero-order valence-corrected chi connectivity index (χ0v) is 17.1. The molecule has 5 rings (SSSR count). The maximum atomic E-state index is 12.7. The standard InChI is InChI=1S/C24H23N3OS/c28-23(21-17-29-24-6-2-1-5-20(21)24)9-11-26-12-14-27(15-13-26)19-7-8-22-18(16-19)4-3-10-25-22/h1-8,10,16-17H,9,11-15H2. The van der Waals surface area contributed by atoms with Crippen molar-refractivity contribution in [2.45, 2.75) is 6.42 Å². The Kier molecular flexibility index (Phi) is 5.00. The smallest absolute Gasteiger partial charge is 0.165 e. The molecular formula is C24H23N3OS. The highest BCUT2D eigenvalue weighted by Crippen LogP contribution is 2.27. The monoisotopic (exact) mass is 401 g/mol. The number of benzene rings is 2. The van der Waals surface area contributed by atoms with E-state index in [1.54, 1.807) is 11.3 Å². The molecule has 2 aromatic heterocycles. The molecule has 2 aromatic carbocycles. The third-order valence-corrected chi connectivity index (χ3v) is 6.72. The number of Topliss-reactive ketones (excluding diaryl/α,β-unsaturated/α-hetero) is 1. The summed E-state index contributed by atoms with van der Waals surface area (Å²) in [6, 6.07) is 18.8. The van der Waals surface area contributed by atoms with Gasteiger partial charge < -0.3 is 4.90 Å². The molecule has 0 unspecified atom stereocenters. The van der Waals surface area contributed by atoms with E-state index in [-0.39, 0.29) is 5.78 Å². The summed E-state index contributed by atoms with van der Waals surface area (Å²) < 4.78 is 1.19. The Morgan fingerprint density at radius 2 is 1.86 bits per heavy atom. The zero-order valence-electron chi connectivity index (χ0n) is 16.3. The van der Waals surface area contributed by atoms with Crippen LogP contribution in [-0.2, 0) is 0 Å². The Morgan fingerprint density at radius 1 is 1.00 bits per heavy atom. The minimum atomic E-state index is 0.256. The summed E-state index contributed by atoms with van der Waals surface area (Å²) in [6.07, 6.45) is 2.42. The third-order valence-electron chi connectivity index (χ3n) is 5.76. The summed E-state index contributed by atoms with van der Waals surface area (Å²) in [6.45, 7) is 4.78. The highest BCUT2D eigenvalue weighted by molar-refractivity contribution is 7.17. The largest absolute Gasteiger partial charge is 0.369 e. The van der Waals surface area contributed by atoms with Crippen LogP contribution < -0.4 is 4.90 Å². The van der Waals surface area contributed by atoms with Crippen LogP contribution in [-0.4, -0.2) is 48.4 Å². The molecule has 1 fully saturated rings. The molecule has 0 radical (unpaired) electrons. The van der Waals surface area contributed by atoms with Crippen LogP contribution in [0.1, 0.15) is 16.8 Å². The number of aromatic nitrogens is 1. The fourth-order valence-electron chi connectivity index (χ4n) is 4.08. The lowest BCUT2D eigenvalue weighted by Crippen LogP contribution is -2.46. The lowest BCUT2D eigenvalue weighted by Gasteiger charge is -2.36. The second-order valence-corrected chi connectivity index (χ2v) is 8.44. The quantitative estimate of drug-likeness (QED) is 0.448. The number of anilines is 1. The van der Waals surface area contributed by atoms with Gasteiger partial charge in [-0.05, 0) is 30.3 Å². The molecule has 0 atom stereocenters. The van der Waals surface area contributed by atoms with E-state index in [0.717, 1.165) is 49.2 Å². The SMILES string of the molecule is O=C(CCN1CCN(c2ccc3ncccc3c2)CC1)c1csc2ccccc12. The van der Waals surface area contributed by atoms with Gasteiger partial charge in [0.25, 0.3) is 0 Å². The summed E-state index contributed by atoms with van der Waals surface area (Å²) in [5, 5.41) is 4.29. The van der Waals surface area contributed by atoms with Gasteiger partial charge in [-0.15, -0.1) is 11.3 Å². The molecule has 146 valence electrons. The molecule has 1 saturated heterocycles. The average molecular weight is 402 g/mol. The van der Waals surface area contributed by atoms with Gasteiger partial charge in [-0.1, -0.05) is 24.3 Å². The molecule has 1 aliphatic heterocycles. The number of rotatable bonds is 5. The molecule has 4 nitrogen and oxygen atoms in total. The third kappa shape index (κ3) is 3.76. The molecule has 0 amide bonds. The second-order valence-electron chi connectivity index (χ2n) is 7.53. The highest BCUT2D eigenvalue weighted by atomic mass is 32.1. The average Bonchev–Trinajstić information content (AvgIpc) is 3.22. The van der Waals surface area contributed by atoms with E-state index in [1.807, 2.05) is 29.8 Å². The first-order chi connectivity index (χ1) is 14.3. The molecule has 3 heterocycles.